The van der Waals surface area contributed by atoms with Crippen LogP contribution in [0.4, 0.5) is 0 Å². The molecule has 0 aromatic heterocycles. The molecule has 24 heavy (non-hydrogen) atoms. The fraction of sp³-hybridized carbons (Fsp3) is 0.579. The predicted octanol–water partition coefficient (Wildman–Crippen LogP) is 2.57. The summed E-state index contributed by atoms with van der Waals surface area (Å²) in [6, 6.07) is 7.82. The van der Waals surface area contributed by atoms with Crippen LogP contribution in [0.2, 0.25) is 0 Å². The van der Waals surface area contributed by atoms with Crippen LogP contribution in [-0.4, -0.2) is 35.2 Å². The molecule has 1 fully saturated rings. The minimum absolute atomic E-state index is 0.165. The van der Waals surface area contributed by atoms with Gasteiger partial charge in [-0.2, -0.15) is 0 Å². The van der Waals surface area contributed by atoms with Crippen molar-refractivity contribution in [2.45, 2.75) is 58.6 Å². The summed E-state index contributed by atoms with van der Waals surface area (Å²) in [5, 5.41) is 12.5. The van der Waals surface area contributed by atoms with E-state index in [4.69, 9.17) is 4.74 Å². The molecule has 0 bridgehead atoms. The Labute approximate surface area is 143 Å². The maximum Gasteiger partial charge on any atom is 0.330 e. The molecule has 2 unspecified atom stereocenters. The van der Waals surface area contributed by atoms with Gasteiger partial charge in [-0.05, 0) is 24.5 Å². The van der Waals surface area contributed by atoms with Crippen LogP contribution in [-0.2, 0) is 27.2 Å². The Morgan fingerprint density at radius 3 is 2.50 bits per heavy atom. The van der Waals surface area contributed by atoms with Gasteiger partial charge in [-0.25, -0.2) is 4.79 Å². The maximum atomic E-state index is 12.5. The van der Waals surface area contributed by atoms with Crippen LogP contribution in [0.15, 0.2) is 24.3 Å². The third-order valence-corrected chi connectivity index (χ3v) is 5.25. The molecule has 2 atom stereocenters. The molecule has 1 amide bonds. The first-order valence-corrected chi connectivity index (χ1v) is 8.50. The van der Waals surface area contributed by atoms with Crippen LogP contribution < -0.4 is 5.32 Å². The Balaban J connectivity index is 2.11. The first-order chi connectivity index (χ1) is 11.3. The minimum atomic E-state index is -1.27. The van der Waals surface area contributed by atoms with Crippen molar-refractivity contribution in [1.82, 2.24) is 5.32 Å². The molecule has 5 nitrogen and oxygen atoms in total. The topological polar surface area (TPSA) is 75.6 Å². The van der Waals surface area contributed by atoms with E-state index < -0.39 is 16.9 Å². The normalized spacial score (nSPS) is 24.9. The quantitative estimate of drug-likeness (QED) is 0.804. The van der Waals surface area contributed by atoms with Gasteiger partial charge in [0.25, 0.3) is 0 Å². The van der Waals surface area contributed by atoms with E-state index in [1.165, 1.54) is 0 Å². The molecule has 0 heterocycles. The van der Waals surface area contributed by atoms with Crippen LogP contribution in [0.5, 0.6) is 0 Å². The fourth-order valence-corrected chi connectivity index (χ4v) is 3.46. The number of nitrogens with one attached hydrogen (secondary N) is 1. The summed E-state index contributed by atoms with van der Waals surface area (Å²) >= 11 is 0. The largest absolute Gasteiger partial charge is 0.479 e. The van der Waals surface area contributed by atoms with Crippen molar-refractivity contribution in [2.24, 2.45) is 5.41 Å². The molecule has 0 radical (unpaired) electrons. The van der Waals surface area contributed by atoms with Gasteiger partial charge in [-0.1, -0.05) is 45.0 Å². The summed E-state index contributed by atoms with van der Waals surface area (Å²) in [6.45, 7) is 8.15. The number of carboxylic acid groups (broad SMARTS) is 1. The number of aliphatic carboxylic acids is 1. The lowest BCUT2D eigenvalue weighted by molar-refractivity contribution is -0.194. The number of rotatable bonds is 7. The van der Waals surface area contributed by atoms with Crippen LogP contribution in [0.1, 0.15) is 45.2 Å². The number of amides is 1. The molecule has 0 spiro atoms. The third kappa shape index (κ3) is 3.18. The molecular weight excluding hydrogens is 306 g/mol. The van der Waals surface area contributed by atoms with Gasteiger partial charge in [0, 0.05) is 18.4 Å². The van der Waals surface area contributed by atoms with Crippen molar-refractivity contribution in [3.05, 3.63) is 35.4 Å². The Morgan fingerprint density at radius 2 is 1.96 bits per heavy atom. The highest BCUT2D eigenvalue weighted by Gasteiger charge is 2.66. The lowest BCUT2D eigenvalue weighted by atomic mass is 9.54. The maximum absolute atomic E-state index is 12.5. The number of hydrogen-bond donors (Lipinski definition) is 2. The van der Waals surface area contributed by atoms with Gasteiger partial charge < -0.3 is 15.2 Å². The van der Waals surface area contributed by atoms with Crippen LogP contribution in [0, 0.1) is 5.41 Å². The van der Waals surface area contributed by atoms with E-state index in [9.17, 15) is 14.7 Å². The van der Waals surface area contributed by atoms with E-state index in [0.717, 1.165) is 17.5 Å². The van der Waals surface area contributed by atoms with Gasteiger partial charge in [-0.3, -0.25) is 4.79 Å². The summed E-state index contributed by atoms with van der Waals surface area (Å²) in [6.07, 6.45) is 1.21. The first kappa shape index (κ1) is 18.5. The summed E-state index contributed by atoms with van der Waals surface area (Å²) < 4.78 is 5.61. The number of hydrogen-bond acceptors (Lipinski definition) is 3. The molecule has 132 valence electrons. The van der Waals surface area contributed by atoms with E-state index in [1.807, 2.05) is 45.0 Å². The zero-order valence-electron chi connectivity index (χ0n) is 14.9. The number of ether oxygens (including phenoxy) is 1. The van der Waals surface area contributed by atoms with Gasteiger partial charge in [0.05, 0.1) is 12.5 Å². The van der Waals surface area contributed by atoms with Gasteiger partial charge in [0.15, 0.2) is 0 Å². The third-order valence-electron chi connectivity index (χ3n) is 5.25. The Kier molecular flexibility index (Phi) is 5.33. The van der Waals surface area contributed by atoms with Gasteiger partial charge in [0.1, 0.15) is 5.54 Å². The summed E-state index contributed by atoms with van der Waals surface area (Å²) in [5.74, 6) is -1.27. The monoisotopic (exact) mass is 333 g/mol. The molecule has 2 rings (SSSR count). The lowest BCUT2D eigenvalue weighted by Crippen LogP contribution is -2.76. The number of carboxylic acids is 1. The molecule has 1 saturated carbocycles. The Hall–Kier alpha value is -1.88. The SMILES string of the molecule is CCOC1CC(NC(=O)Cc2cccc(CC)c2)(C(=O)O)C1(C)C. The second-order valence-electron chi connectivity index (χ2n) is 6.98. The van der Waals surface area contributed by atoms with Crippen LogP contribution in [0.3, 0.4) is 0 Å². The number of benzene rings is 1. The molecule has 0 saturated heterocycles. The van der Waals surface area contributed by atoms with Gasteiger partial charge >= 0.3 is 5.97 Å². The molecule has 1 aromatic rings. The van der Waals surface area contributed by atoms with Crippen LogP contribution >= 0.6 is 0 Å². The molecule has 1 aromatic carbocycles. The highest BCUT2D eigenvalue weighted by Crippen LogP contribution is 2.51. The summed E-state index contributed by atoms with van der Waals surface area (Å²) in [5.41, 5.74) is 0.127. The lowest BCUT2D eigenvalue weighted by Gasteiger charge is -2.58. The molecule has 5 heteroatoms. The van der Waals surface area contributed by atoms with E-state index >= 15 is 0 Å². The van der Waals surface area contributed by atoms with Gasteiger partial charge in [-0.15, -0.1) is 0 Å². The van der Waals surface area contributed by atoms with Crippen molar-refractivity contribution in [3.8, 4) is 0 Å². The average Bonchev–Trinajstić information content (AvgIpc) is 2.53. The van der Waals surface area contributed by atoms with E-state index in [1.54, 1.807) is 0 Å². The average molecular weight is 333 g/mol. The molecule has 1 aliphatic carbocycles. The zero-order valence-corrected chi connectivity index (χ0v) is 14.9. The Bertz CT molecular complexity index is 626. The van der Waals surface area contributed by atoms with Crippen molar-refractivity contribution in [1.29, 1.82) is 0 Å². The van der Waals surface area contributed by atoms with Crippen molar-refractivity contribution >= 4 is 11.9 Å². The van der Waals surface area contributed by atoms with Crippen molar-refractivity contribution < 1.29 is 19.4 Å². The smallest absolute Gasteiger partial charge is 0.330 e. The van der Waals surface area contributed by atoms with Crippen LogP contribution in [0.25, 0.3) is 0 Å². The molecular formula is C19H27NO4. The second-order valence-corrected chi connectivity index (χ2v) is 6.98. The van der Waals surface area contributed by atoms with Gasteiger partial charge in [0.2, 0.25) is 5.91 Å². The standard InChI is InChI=1S/C19H27NO4/c1-5-13-8-7-9-14(10-13)11-16(21)20-19(17(22)23)12-15(24-6-2)18(19,3)4/h7-10,15H,5-6,11-12H2,1-4H3,(H,20,21)(H,22,23). The number of aryl methyl sites for hydroxylation is 1. The van der Waals surface area contributed by atoms with E-state index in [-0.39, 0.29) is 18.4 Å². The number of carbonyl (C=O) groups is 2. The minimum Gasteiger partial charge on any atom is -0.479 e. The summed E-state index contributed by atoms with van der Waals surface area (Å²) in [7, 11) is 0. The highest BCUT2D eigenvalue weighted by molar-refractivity contribution is 5.90. The van der Waals surface area contributed by atoms with Crippen molar-refractivity contribution in [3.63, 3.8) is 0 Å². The fourth-order valence-electron chi connectivity index (χ4n) is 3.46. The predicted molar refractivity (Wildman–Crippen MR) is 91.8 cm³/mol. The zero-order chi connectivity index (χ0) is 18.0. The molecule has 2 N–H and O–H groups in total. The Morgan fingerprint density at radius 1 is 1.29 bits per heavy atom. The van der Waals surface area contributed by atoms with Crippen molar-refractivity contribution in [2.75, 3.05) is 6.61 Å². The van der Waals surface area contributed by atoms with E-state index in [2.05, 4.69) is 12.2 Å². The molecule has 1 aliphatic rings. The highest BCUT2D eigenvalue weighted by atomic mass is 16.5. The second kappa shape index (κ2) is 6.93. The first-order valence-electron chi connectivity index (χ1n) is 8.50. The summed E-state index contributed by atoms with van der Waals surface area (Å²) in [4.78, 5) is 24.3. The molecule has 0 aliphatic heterocycles. The van der Waals surface area contributed by atoms with E-state index in [0.29, 0.717) is 13.0 Å². The number of carbonyl (C=O) groups excluding carboxylic acids is 1.